The van der Waals surface area contributed by atoms with E-state index in [1.54, 1.807) is 12.1 Å². The number of halogens is 1. The third-order valence-electron chi connectivity index (χ3n) is 1.59. The number of rotatable bonds is 3. The first-order chi connectivity index (χ1) is 6.63. The van der Waals surface area contributed by atoms with Crippen molar-refractivity contribution in [3.05, 3.63) is 28.8 Å². The highest BCUT2D eigenvalue weighted by molar-refractivity contribution is 6.31. The number of esters is 1. The molecule has 76 valence electrons. The molecule has 0 spiro atoms. The Kier molecular flexibility index (Phi) is 3.77. The zero-order valence-electron chi connectivity index (χ0n) is 7.92. The highest BCUT2D eigenvalue weighted by Gasteiger charge is 2.07. The van der Waals surface area contributed by atoms with Gasteiger partial charge in [0.25, 0.3) is 0 Å². The normalized spacial score (nSPS) is 9.86. The van der Waals surface area contributed by atoms with Gasteiger partial charge < -0.3 is 10.5 Å². The fourth-order valence-electron chi connectivity index (χ4n) is 1.01. The van der Waals surface area contributed by atoms with Crippen molar-refractivity contribution in [3.63, 3.8) is 0 Å². The number of nitrogens with two attached hydrogens (primary N) is 1. The molecule has 4 heteroatoms. The number of benzene rings is 1. The van der Waals surface area contributed by atoms with Crippen molar-refractivity contribution in [1.82, 2.24) is 0 Å². The Hall–Kier alpha value is -1.22. The molecule has 0 amide bonds. The van der Waals surface area contributed by atoms with Gasteiger partial charge in [0, 0.05) is 10.7 Å². The number of anilines is 1. The van der Waals surface area contributed by atoms with Crippen molar-refractivity contribution in [2.75, 3.05) is 12.3 Å². The van der Waals surface area contributed by atoms with Crippen molar-refractivity contribution in [1.29, 1.82) is 0 Å². The predicted octanol–water partition coefficient (Wildman–Crippen LogP) is 2.49. The van der Waals surface area contributed by atoms with Gasteiger partial charge in [-0.3, -0.25) is 0 Å². The Morgan fingerprint density at radius 2 is 2.21 bits per heavy atom. The van der Waals surface area contributed by atoms with E-state index >= 15 is 0 Å². The Morgan fingerprint density at radius 3 is 2.79 bits per heavy atom. The third-order valence-corrected chi connectivity index (χ3v) is 1.81. The summed E-state index contributed by atoms with van der Waals surface area (Å²) in [5, 5.41) is 0.438. The Labute approximate surface area is 87.8 Å². The summed E-state index contributed by atoms with van der Waals surface area (Å²) in [5.74, 6) is -0.388. The molecular formula is C10H12ClNO2. The fourth-order valence-corrected chi connectivity index (χ4v) is 1.25. The lowest BCUT2D eigenvalue weighted by atomic mass is 10.2. The van der Waals surface area contributed by atoms with Crippen molar-refractivity contribution < 1.29 is 9.53 Å². The van der Waals surface area contributed by atoms with Crippen LogP contribution in [-0.2, 0) is 4.74 Å². The zero-order valence-corrected chi connectivity index (χ0v) is 8.67. The second-order valence-electron chi connectivity index (χ2n) is 2.91. The van der Waals surface area contributed by atoms with Crippen LogP contribution in [0.15, 0.2) is 18.2 Å². The molecule has 1 aromatic carbocycles. The maximum atomic E-state index is 11.4. The van der Waals surface area contributed by atoms with Gasteiger partial charge in [0.2, 0.25) is 0 Å². The molecule has 0 fully saturated rings. The highest BCUT2D eigenvalue weighted by Crippen LogP contribution is 2.17. The van der Waals surface area contributed by atoms with Gasteiger partial charge in [-0.25, -0.2) is 4.79 Å². The molecule has 14 heavy (non-hydrogen) atoms. The smallest absolute Gasteiger partial charge is 0.338 e. The lowest BCUT2D eigenvalue weighted by molar-refractivity contribution is 0.0505. The first-order valence-corrected chi connectivity index (χ1v) is 4.74. The summed E-state index contributed by atoms with van der Waals surface area (Å²) in [6, 6.07) is 4.66. The van der Waals surface area contributed by atoms with Crippen LogP contribution in [0, 0.1) is 0 Å². The number of hydrogen-bond donors (Lipinski definition) is 1. The molecule has 3 nitrogen and oxygen atoms in total. The second kappa shape index (κ2) is 4.86. The molecule has 1 rings (SSSR count). The third kappa shape index (κ3) is 2.92. The molecule has 0 saturated carbocycles. The maximum absolute atomic E-state index is 11.4. The summed E-state index contributed by atoms with van der Waals surface area (Å²) < 4.78 is 4.93. The van der Waals surface area contributed by atoms with E-state index in [2.05, 4.69) is 0 Å². The average Bonchev–Trinajstić information content (AvgIpc) is 2.12. The molecule has 2 N–H and O–H groups in total. The van der Waals surface area contributed by atoms with E-state index in [1.807, 2.05) is 6.92 Å². The molecule has 0 aliphatic rings. The summed E-state index contributed by atoms with van der Waals surface area (Å²) in [7, 11) is 0. The van der Waals surface area contributed by atoms with Crippen LogP contribution < -0.4 is 5.73 Å². The Balaban J connectivity index is 2.79. The van der Waals surface area contributed by atoms with E-state index in [0.29, 0.717) is 22.9 Å². The maximum Gasteiger partial charge on any atom is 0.338 e. The topological polar surface area (TPSA) is 52.3 Å². The molecular weight excluding hydrogens is 202 g/mol. The van der Waals surface area contributed by atoms with Crippen molar-refractivity contribution in [3.8, 4) is 0 Å². The largest absolute Gasteiger partial charge is 0.462 e. The lowest BCUT2D eigenvalue weighted by Gasteiger charge is -2.04. The highest BCUT2D eigenvalue weighted by atomic mass is 35.5. The number of hydrogen-bond acceptors (Lipinski definition) is 3. The summed E-state index contributed by atoms with van der Waals surface area (Å²) in [6.07, 6.45) is 0.793. The van der Waals surface area contributed by atoms with Crippen LogP contribution in [0.3, 0.4) is 0 Å². The van der Waals surface area contributed by atoms with E-state index in [9.17, 15) is 4.79 Å². The number of nitrogen functional groups attached to an aromatic ring is 1. The second-order valence-corrected chi connectivity index (χ2v) is 3.35. The van der Waals surface area contributed by atoms with E-state index in [4.69, 9.17) is 22.1 Å². The summed E-state index contributed by atoms with van der Waals surface area (Å²) in [6.45, 7) is 2.34. The van der Waals surface area contributed by atoms with E-state index in [1.165, 1.54) is 6.07 Å². The quantitative estimate of drug-likeness (QED) is 0.620. The molecule has 0 atom stereocenters. The van der Waals surface area contributed by atoms with Crippen LogP contribution in [0.5, 0.6) is 0 Å². The summed E-state index contributed by atoms with van der Waals surface area (Å²) in [4.78, 5) is 11.4. The fraction of sp³-hybridized carbons (Fsp3) is 0.300. The van der Waals surface area contributed by atoms with Crippen LogP contribution in [0.1, 0.15) is 23.7 Å². The van der Waals surface area contributed by atoms with E-state index < -0.39 is 0 Å². The van der Waals surface area contributed by atoms with Crippen LogP contribution in [-0.4, -0.2) is 12.6 Å². The van der Waals surface area contributed by atoms with Crippen LogP contribution in [0.2, 0.25) is 5.02 Å². The zero-order chi connectivity index (χ0) is 10.6. The van der Waals surface area contributed by atoms with Gasteiger partial charge in [0.05, 0.1) is 12.2 Å². The van der Waals surface area contributed by atoms with Gasteiger partial charge in [-0.15, -0.1) is 0 Å². The molecule has 0 unspecified atom stereocenters. The monoisotopic (exact) mass is 213 g/mol. The molecule has 0 aliphatic heterocycles. The molecule has 0 heterocycles. The van der Waals surface area contributed by atoms with E-state index in [-0.39, 0.29) is 5.97 Å². The molecule has 0 bridgehead atoms. The Bertz CT molecular complexity index is 319. The molecule has 0 aliphatic carbocycles. The van der Waals surface area contributed by atoms with Gasteiger partial charge >= 0.3 is 5.97 Å². The van der Waals surface area contributed by atoms with Gasteiger partial charge in [-0.1, -0.05) is 18.5 Å². The van der Waals surface area contributed by atoms with Crippen molar-refractivity contribution in [2.24, 2.45) is 0 Å². The first kappa shape index (κ1) is 10.9. The molecule has 0 saturated heterocycles. The average molecular weight is 214 g/mol. The van der Waals surface area contributed by atoms with Gasteiger partial charge in [0.1, 0.15) is 0 Å². The van der Waals surface area contributed by atoms with Crippen molar-refractivity contribution >= 4 is 23.3 Å². The SMILES string of the molecule is CCCOC(=O)c1cc(N)cc(Cl)c1. The number of ether oxygens (including phenoxy) is 1. The van der Waals surface area contributed by atoms with Gasteiger partial charge in [-0.05, 0) is 24.6 Å². The van der Waals surface area contributed by atoms with Gasteiger partial charge in [0.15, 0.2) is 0 Å². The molecule has 0 aromatic heterocycles. The van der Waals surface area contributed by atoms with E-state index in [0.717, 1.165) is 6.42 Å². The minimum absolute atomic E-state index is 0.388. The summed E-state index contributed by atoms with van der Waals surface area (Å²) >= 11 is 5.74. The first-order valence-electron chi connectivity index (χ1n) is 4.36. The minimum Gasteiger partial charge on any atom is -0.462 e. The predicted molar refractivity (Wildman–Crippen MR) is 56.4 cm³/mol. The number of carbonyl (C=O) groups excluding carboxylic acids is 1. The molecule has 0 radical (unpaired) electrons. The van der Waals surface area contributed by atoms with Crippen LogP contribution in [0.25, 0.3) is 0 Å². The standard InChI is InChI=1S/C10H12ClNO2/c1-2-3-14-10(13)7-4-8(11)6-9(12)5-7/h4-6H,2-3,12H2,1H3. The minimum atomic E-state index is -0.388. The van der Waals surface area contributed by atoms with Crippen LogP contribution in [0.4, 0.5) is 5.69 Å². The van der Waals surface area contributed by atoms with Gasteiger partial charge in [-0.2, -0.15) is 0 Å². The number of carbonyl (C=O) groups is 1. The van der Waals surface area contributed by atoms with Crippen molar-refractivity contribution in [2.45, 2.75) is 13.3 Å². The van der Waals surface area contributed by atoms with Crippen LogP contribution >= 0.6 is 11.6 Å². The lowest BCUT2D eigenvalue weighted by Crippen LogP contribution is -2.06. The Morgan fingerprint density at radius 1 is 1.50 bits per heavy atom. The summed E-state index contributed by atoms with van der Waals surface area (Å²) in [5.41, 5.74) is 6.38. The molecule has 1 aromatic rings.